The zero-order valence-electron chi connectivity index (χ0n) is 10.4. The second-order valence-electron chi connectivity index (χ2n) is 4.81. The van der Waals surface area contributed by atoms with Gasteiger partial charge in [-0.15, -0.1) is 0 Å². The monoisotopic (exact) mass is 257 g/mol. The van der Waals surface area contributed by atoms with Crippen molar-refractivity contribution in [3.63, 3.8) is 0 Å². The summed E-state index contributed by atoms with van der Waals surface area (Å²) in [6.07, 6.45) is 1.11. The highest BCUT2D eigenvalue weighted by molar-refractivity contribution is 6.30. The fourth-order valence-electron chi connectivity index (χ4n) is 2.95. The van der Waals surface area contributed by atoms with Crippen LogP contribution in [0, 0.1) is 0 Å². The summed E-state index contributed by atoms with van der Waals surface area (Å²) in [4.78, 5) is 0. The molecule has 0 radical (unpaired) electrons. The minimum atomic E-state index is 0.449. The molecule has 0 spiro atoms. The van der Waals surface area contributed by atoms with Crippen molar-refractivity contribution < 1.29 is 0 Å². The standard InChI is InChI=1S/C16H16ClN/c1-18-16-10-15(11-5-4-6-12(17)9-11)13-7-2-3-8-14(13)16/h2-9,15-16,18H,10H2,1H3/t15-,16+/m1/s1. The van der Waals surface area contributed by atoms with Gasteiger partial charge < -0.3 is 5.32 Å². The highest BCUT2D eigenvalue weighted by atomic mass is 35.5. The largest absolute Gasteiger partial charge is 0.313 e. The topological polar surface area (TPSA) is 12.0 Å². The third-order valence-electron chi connectivity index (χ3n) is 3.82. The molecule has 0 heterocycles. The zero-order valence-corrected chi connectivity index (χ0v) is 11.1. The molecule has 2 atom stereocenters. The molecule has 0 bridgehead atoms. The highest BCUT2D eigenvalue weighted by Crippen LogP contribution is 2.43. The van der Waals surface area contributed by atoms with Gasteiger partial charge in [0.25, 0.3) is 0 Å². The first-order valence-corrected chi connectivity index (χ1v) is 6.69. The molecule has 2 aromatic rings. The third kappa shape index (κ3) is 1.94. The van der Waals surface area contributed by atoms with E-state index < -0.39 is 0 Å². The van der Waals surface area contributed by atoms with E-state index >= 15 is 0 Å². The molecule has 0 aromatic heterocycles. The van der Waals surface area contributed by atoms with Crippen molar-refractivity contribution in [2.75, 3.05) is 7.05 Å². The van der Waals surface area contributed by atoms with Gasteiger partial charge in [-0.25, -0.2) is 0 Å². The quantitative estimate of drug-likeness (QED) is 0.853. The Kier molecular flexibility index (Phi) is 3.11. The van der Waals surface area contributed by atoms with E-state index in [9.17, 15) is 0 Å². The van der Waals surface area contributed by atoms with Crippen molar-refractivity contribution in [1.82, 2.24) is 5.32 Å². The predicted octanol–water partition coefficient (Wildman–Crippen LogP) is 4.14. The lowest BCUT2D eigenvalue weighted by Crippen LogP contribution is -2.13. The first-order chi connectivity index (χ1) is 8.79. The van der Waals surface area contributed by atoms with E-state index in [4.69, 9.17) is 11.6 Å². The SMILES string of the molecule is CN[C@H]1C[C@H](c2cccc(Cl)c2)c2ccccc21. The summed E-state index contributed by atoms with van der Waals surface area (Å²) in [7, 11) is 2.03. The first kappa shape index (κ1) is 11.8. The van der Waals surface area contributed by atoms with Crippen LogP contribution < -0.4 is 5.32 Å². The maximum atomic E-state index is 6.10. The Labute approximate surface area is 113 Å². The average molecular weight is 258 g/mol. The molecule has 2 aromatic carbocycles. The molecule has 0 saturated carbocycles. The Morgan fingerprint density at radius 3 is 2.56 bits per heavy atom. The molecule has 0 fully saturated rings. The molecule has 0 amide bonds. The van der Waals surface area contributed by atoms with Crippen LogP contribution >= 0.6 is 11.6 Å². The number of rotatable bonds is 2. The maximum absolute atomic E-state index is 6.10. The van der Waals surface area contributed by atoms with Gasteiger partial charge in [0.2, 0.25) is 0 Å². The Morgan fingerprint density at radius 2 is 1.83 bits per heavy atom. The molecule has 0 unspecified atom stereocenters. The van der Waals surface area contributed by atoms with Crippen molar-refractivity contribution >= 4 is 11.6 Å². The van der Waals surface area contributed by atoms with Gasteiger partial charge >= 0.3 is 0 Å². The second kappa shape index (κ2) is 4.75. The maximum Gasteiger partial charge on any atom is 0.0408 e. The lowest BCUT2D eigenvalue weighted by molar-refractivity contribution is 0.564. The van der Waals surface area contributed by atoms with Crippen molar-refractivity contribution in [2.24, 2.45) is 0 Å². The average Bonchev–Trinajstić information content (AvgIpc) is 2.77. The number of benzene rings is 2. The van der Waals surface area contributed by atoms with Crippen molar-refractivity contribution in [3.8, 4) is 0 Å². The number of hydrogen-bond acceptors (Lipinski definition) is 1. The molecule has 1 aliphatic rings. The van der Waals surface area contributed by atoms with Crippen LogP contribution in [0.3, 0.4) is 0 Å². The summed E-state index contributed by atoms with van der Waals surface area (Å²) in [5, 5.41) is 4.22. The minimum absolute atomic E-state index is 0.449. The van der Waals surface area contributed by atoms with Crippen LogP contribution in [-0.4, -0.2) is 7.05 Å². The summed E-state index contributed by atoms with van der Waals surface area (Å²) in [5.41, 5.74) is 4.16. The Balaban J connectivity index is 2.05. The van der Waals surface area contributed by atoms with E-state index in [0.717, 1.165) is 11.4 Å². The van der Waals surface area contributed by atoms with E-state index in [1.54, 1.807) is 0 Å². The van der Waals surface area contributed by atoms with E-state index in [1.807, 2.05) is 19.2 Å². The molecule has 1 nitrogen and oxygen atoms in total. The van der Waals surface area contributed by atoms with Crippen LogP contribution in [0.5, 0.6) is 0 Å². The van der Waals surface area contributed by atoms with Gasteiger partial charge in [-0.2, -0.15) is 0 Å². The summed E-state index contributed by atoms with van der Waals surface area (Å²) in [6, 6.07) is 17.4. The number of fused-ring (bicyclic) bond motifs is 1. The van der Waals surface area contributed by atoms with Gasteiger partial charge in [-0.3, -0.25) is 0 Å². The summed E-state index contributed by atoms with van der Waals surface area (Å²) in [6.45, 7) is 0. The van der Waals surface area contributed by atoms with Gasteiger partial charge in [-0.1, -0.05) is 48.0 Å². The smallest absolute Gasteiger partial charge is 0.0408 e. The summed E-state index contributed by atoms with van der Waals surface area (Å²) in [5.74, 6) is 0.456. The van der Waals surface area contributed by atoms with Crippen LogP contribution in [-0.2, 0) is 0 Å². The van der Waals surface area contributed by atoms with Crippen LogP contribution in [0.4, 0.5) is 0 Å². The van der Waals surface area contributed by atoms with Gasteiger partial charge in [0.1, 0.15) is 0 Å². The zero-order chi connectivity index (χ0) is 12.5. The fraction of sp³-hybridized carbons (Fsp3) is 0.250. The molecule has 1 N–H and O–H groups in total. The molecule has 0 aliphatic heterocycles. The van der Waals surface area contributed by atoms with Gasteiger partial charge in [-0.05, 0) is 42.3 Å². The molecule has 1 aliphatic carbocycles. The van der Waals surface area contributed by atoms with Gasteiger partial charge in [0.15, 0.2) is 0 Å². The molecule has 0 saturated heterocycles. The summed E-state index contributed by atoms with van der Waals surface area (Å²) < 4.78 is 0. The summed E-state index contributed by atoms with van der Waals surface area (Å²) >= 11 is 6.10. The lowest BCUT2D eigenvalue weighted by Gasteiger charge is -2.12. The highest BCUT2D eigenvalue weighted by Gasteiger charge is 2.30. The number of halogens is 1. The predicted molar refractivity (Wildman–Crippen MR) is 76.2 cm³/mol. The Morgan fingerprint density at radius 1 is 1.06 bits per heavy atom. The van der Waals surface area contributed by atoms with E-state index in [2.05, 4.69) is 41.7 Å². The van der Waals surface area contributed by atoms with Crippen molar-refractivity contribution in [2.45, 2.75) is 18.4 Å². The first-order valence-electron chi connectivity index (χ1n) is 6.31. The molecular weight excluding hydrogens is 242 g/mol. The van der Waals surface area contributed by atoms with Crippen molar-refractivity contribution in [1.29, 1.82) is 0 Å². The molecule has 92 valence electrons. The van der Waals surface area contributed by atoms with Gasteiger partial charge in [0.05, 0.1) is 0 Å². The number of hydrogen-bond donors (Lipinski definition) is 1. The van der Waals surface area contributed by atoms with Crippen LogP contribution in [0.25, 0.3) is 0 Å². The second-order valence-corrected chi connectivity index (χ2v) is 5.25. The van der Waals surface area contributed by atoms with E-state index in [1.165, 1.54) is 16.7 Å². The van der Waals surface area contributed by atoms with Crippen LogP contribution in [0.15, 0.2) is 48.5 Å². The normalized spacial score (nSPS) is 21.9. The molecule has 3 rings (SSSR count). The lowest BCUT2D eigenvalue weighted by atomic mass is 9.93. The van der Waals surface area contributed by atoms with E-state index in [0.29, 0.717) is 12.0 Å². The number of nitrogens with one attached hydrogen (secondary N) is 1. The van der Waals surface area contributed by atoms with Gasteiger partial charge in [0, 0.05) is 17.0 Å². The van der Waals surface area contributed by atoms with Crippen LogP contribution in [0.1, 0.15) is 35.1 Å². The molecule has 2 heteroatoms. The molecule has 18 heavy (non-hydrogen) atoms. The minimum Gasteiger partial charge on any atom is -0.313 e. The van der Waals surface area contributed by atoms with Crippen molar-refractivity contribution in [3.05, 3.63) is 70.2 Å². The molecular formula is C16H16ClN. The fourth-order valence-corrected chi connectivity index (χ4v) is 3.15. The Hall–Kier alpha value is -1.31. The third-order valence-corrected chi connectivity index (χ3v) is 4.05. The van der Waals surface area contributed by atoms with Crippen LogP contribution in [0.2, 0.25) is 5.02 Å². The Bertz CT molecular complexity index is 565. The van der Waals surface area contributed by atoms with E-state index in [-0.39, 0.29) is 0 Å².